The van der Waals surface area contributed by atoms with Gasteiger partial charge in [0.05, 0.1) is 0 Å². The Bertz CT molecular complexity index is 673. The van der Waals surface area contributed by atoms with E-state index in [0.29, 0.717) is 13.3 Å². The van der Waals surface area contributed by atoms with Crippen LogP contribution in [0.3, 0.4) is 0 Å². The molecule has 0 saturated carbocycles. The molecule has 0 aliphatic rings. The third-order valence-electron chi connectivity index (χ3n) is 2.52. The van der Waals surface area contributed by atoms with Gasteiger partial charge in [-0.3, -0.25) is 0 Å². The molecule has 94 valence electrons. The van der Waals surface area contributed by atoms with Gasteiger partial charge >= 0.3 is 50.5 Å². The maximum atomic E-state index is 4.69. The summed E-state index contributed by atoms with van der Waals surface area (Å²) in [7, 11) is 0. The fourth-order valence-electron chi connectivity index (χ4n) is 1.73. The summed E-state index contributed by atoms with van der Waals surface area (Å²) >= 11 is 7.10. The van der Waals surface area contributed by atoms with Crippen LogP contribution in [0.1, 0.15) is 5.56 Å². The molecule has 3 aromatic rings. The molecule has 0 aliphatic carbocycles. The van der Waals surface area contributed by atoms with Gasteiger partial charge in [0.2, 0.25) is 11.3 Å². The van der Waals surface area contributed by atoms with Crippen LogP contribution in [0.5, 0.6) is 0 Å². The Hall–Kier alpha value is 0.650. The molecular weight excluding hydrogens is 583 g/mol. The number of benzene rings is 2. The first kappa shape index (κ1) is 15.0. The zero-order valence-electron chi connectivity index (χ0n) is 9.53. The Morgan fingerprint density at radius 2 is 1.67 bits per heavy atom. The second-order valence-corrected chi connectivity index (χ2v) is 21.0. The molecule has 0 unspecified atom stereocenters. The van der Waals surface area contributed by atoms with Crippen LogP contribution in [-0.4, -0.2) is 4.98 Å². The number of para-hydroxylation sites is 2. The molecule has 0 spiro atoms. The first-order valence-electron chi connectivity index (χ1n) is 5.21. The molecule has 1 aromatic heterocycles. The van der Waals surface area contributed by atoms with Crippen LogP contribution >= 0.6 is 48.6 Å². The Kier molecular flexibility index (Phi) is 6.22. The molecule has 0 amide bonds. The summed E-state index contributed by atoms with van der Waals surface area (Å²) in [6.45, 7) is 2.11. The zero-order chi connectivity index (χ0) is 13.0. The van der Waals surface area contributed by atoms with Crippen LogP contribution in [0.2, 0.25) is 0 Å². The molecule has 0 N–H and O–H groups in total. The van der Waals surface area contributed by atoms with E-state index in [1.54, 1.807) is 11.3 Å². The average Bonchev–Trinajstić information content (AvgIpc) is 2.38. The van der Waals surface area contributed by atoms with Crippen molar-refractivity contribution in [1.29, 1.82) is 0 Å². The van der Waals surface area contributed by atoms with Crippen LogP contribution < -0.4 is 13.3 Å². The summed E-state index contributed by atoms with van der Waals surface area (Å²) < 4.78 is 2.50. The molecule has 0 atom stereocenters. The second kappa shape index (κ2) is 7.44. The SMILES string of the molecule is Cc1cccc2[s+]c3ccccc3nc12.I[I-]I. The van der Waals surface area contributed by atoms with E-state index < -0.39 is 0 Å². The molecule has 2 aromatic carbocycles. The van der Waals surface area contributed by atoms with Gasteiger partial charge in [-0.1, -0.05) is 24.3 Å². The fraction of sp³-hybridized carbons (Fsp3) is 0.0769. The summed E-state index contributed by atoms with van der Waals surface area (Å²) in [5.41, 5.74) is 3.46. The second-order valence-electron chi connectivity index (χ2n) is 3.66. The third kappa shape index (κ3) is 3.60. The van der Waals surface area contributed by atoms with Gasteiger partial charge in [-0.15, -0.1) is 0 Å². The van der Waals surface area contributed by atoms with Gasteiger partial charge in [-0.2, -0.15) is 0 Å². The van der Waals surface area contributed by atoms with Gasteiger partial charge in [-0.25, -0.2) is 4.98 Å². The van der Waals surface area contributed by atoms with Gasteiger partial charge in [-0.05, 0) is 18.6 Å². The summed E-state index contributed by atoms with van der Waals surface area (Å²) in [6, 6.07) is 14.6. The van der Waals surface area contributed by atoms with Crippen molar-refractivity contribution in [3.63, 3.8) is 0 Å². The standard InChI is InChI=1S/C13H10NS.I3/c1-9-5-4-8-12-13(9)14-10-6-2-3-7-11(10)15-12;1-3-2/h2-8H,1H3;/q+1;-1. The van der Waals surface area contributed by atoms with Crippen LogP contribution in [0.25, 0.3) is 20.4 Å². The summed E-state index contributed by atoms with van der Waals surface area (Å²) in [5.74, 6) is 0. The molecule has 0 fully saturated rings. The van der Waals surface area contributed by atoms with Crippen LogP contribution in [-0.2, 0) is 0 Å². The van der Waals surface area contributed by atoms with Crippen molar-refractivity contribution in [2.75, 3.05) is 0 Å². The number of aromatic nitrogens is 1. The van der Waals surface area contributed by atoms with E-state index in [1.165, 1.54) is 15.0 Å². The van der Waals surface area contributed by atoms with Crippen molar-refractivity contribution in [3.8, 4) is 0 Å². The Labute approximate surface area is 140 Å². The van der Waals surface area contributed by atoms with E-state index in [9.17, 15) is 0 Å². The summed E-state index contributed by atoms with van der Waals surface area (Å²) in [4.78, 5) is 4.69. The first-order chi connectivity index (χ1) is 8.76. The van der Waals surface area contributed by atoms with Crippen molar-refractivity contribution in [1.82, 2.24) is 4.98 Å². The van der Waals surface area contributed by atoms with E-state index >= 15 is 0 Å². The molecule has 3 rings (SSSR count). The van der Waals surface area contributed by atoms with Crippen LogP contribution in [0, 0.1) is 6.92 Å². The fourth-order valence-corrected chi connectivity index (χ4v) is 2.78. The van der Waals surface area contributed by atoms with Crippen molar-refractivity contribution >= 4 is 69.0 Å². The molecule has 5 heteroatoms. The van der Waals surface area contributed by atoms with E-state index in [2.05, 4.69) is 85.5 Å². The topological polar surface area (TPSA) is 12.9 Å². The van der Waals surface area contributed by atoms with E-state index in [0.717, 1.165) is 11.0 Å². The molecule has 0 saturated heterocycles. The van der Waals surface area contributed by atoms with Crippen molar-refractivity contribution in [3.05, 3.63) is 48.0 Å². The number of halogens is 3. The van der Waals surface area contributed by atoms with Crippen molar-refractivity contribution in [2.24, 2.45) is 0 Å². The molecule has 0 aliphatic heterocycles. The first-order valence-corrected chi connectivity index (χ1v) is 18.6. The number of nitrogens with zero attached hydrogens (tertiary/aromatic N) is 1. The number of fused-ring (bicyclic) bond motifs is 2. The van der Waals surface area contributed by atoms with Crippen molar-refractivity contribution in [2.45, 2.75) is 6.92 Å². The third-order valence-corrected chi connectivity index (χ3v) is 3.63. The van der Waals surface area contributed by atoms with Gasteiger partial charge < -0.3 is 0 Å². The zero-order valence-corrected chi connectivity index (χ0v) is 16.8. The monoisotopic (exact) mass is 593 g/mol. The van der Waals surface area contributed by atoms with Gasteiger partial charge in [0.1, 0.15) is 11.0 Å². The molecule has 18 heavy (non-hydrogen) atoms. The van der Waals surface area contributed by atoms with Gasteiger partial charge in [0, 0.05) is 12.1 Å². The van der Waals surface area contributed by atoms with Crippen LogP contribution in [0.4, 0.5) is 0 Å². The molecule has 1 heterocycles. The summed E-state index contributed by atoms with van der Waals surface area (Å²) in [6.07, 6.45) is 0. The van der Waals surface area contributed by atoms with E-state index in [-0.39, 0.29) is 0 Å². The minimum absolute atomic E-state index is 0.530. The van der Waals surface area contributed by atoms with E-state index in [1.807, 2.05) is 6.07 Å². The van der Waals surface area contributed by atoms with Gasteiger partial charge in [0.25, 0.3) is 9.40 Å². The molecular formula is C13H10I3NS. The number of rotatable bonds is 0. The Morgan fingerprint density at radius 1 is 1.00 bits per heavy atom. The minimum atomic E-state index is 0.530. The Balaban J connectivity index is 0.000000367. The van der Waals surface area contributed by atoms with Gasteiger partial charge in [0.15, 0.2) is 0 Å². The maximum absolute atomic E-state index is 4.69. The average molecular weight is 593 g/mol. The number of hydrogen-bond acceptors (Lipinski definition) is 1. The predicted octanol–water partition coefficient (Wildman–Crippen LogP) is 2.81. The number of hydrogen-bond donors (Lipinski definition) is 0. The molecule has 1 nitrogen and oxygen atoms in total. The summed E-state index contributed by atoms with van der Waals surface area (Å²) in [5, 5.41) is 0. The Morgan fingerprint density at radius 3 is 2.44 bits per heavy atom. The molecule has 0 radical (unpaired) electrons. The number of aryl methyl sites for hydroxylation is 1. The van der Waals surface area contributed by atoms with Crippen LogP contribution in [0.15, 0.2) is 42.5 Å². The molecule has 0 bridgehead atoms. The predicted molar refractivity (Wildman–Crippen MR) is 94.3 cm³/mol. The van der Waals surface area contributed by atoms with Crippen molar-refractivity contribution < 1.29 is 13.3 Å². The van der Waals surface area contributed by atoms with E-state index in [4.69, 9.17) is 0 Å². The quantitative estimate of drug-likeness (QED) is 0.222. The normalized spacial score (nSPS) is 10.4.